The minimum atomic E-state index is -0.979. The van der Waals surface area contributed by atoms with Gasteiger partial charge in [-0.05, 0) is 6.92 Å². The monoisotopic (exact) mass is 242 g/mol. The van der Waals surface area contributed by atoms with Gasteiger partial charge in [-0.2, -0.15) is 0 Å². The van der Waals surface area contributed by atoms with Gasteiger partial charge in [0.1, 0.15) is 17.4 Å². The summed E-state index contributed by atoms with van der Waals surface area (Å²) in [6.07, 6.45) is 1.32. The molecule has 1 N–H and O–H groups in total. The first-order valence-electron chi connectivity index (χ1n) is 4.64. The highest BCUT2D eigenvalue weighted by Crippen LogP contribution is 2.24. The van der Waals surface area contributed by atoms with Crippen LogP contribution in [-0.4, -0.2) is 44.7 Å². The van der Waals surface area contributed by atoms with Crippen molar-refractivity contribution < 1.29 is 19.2 Å². The van der Waals surface area contributed by atoms with Gasteiger partial charge >= 0.3 is 5.97 Å². The lowest BCUT2D eigenvalue weighted by Gasteiger charge is -2.19. The third-order valence-corrected chi connectivity index (χ3v) is 3.42. The topological polar surface area (TPSA) is 83.6 Å². The molecule has 1 aromatic rings. The van der Waals surface area contributed by atoms with Crippen molar-refractivity contribution in [3.8, 4) is 0 Å². The predicted molar refractivity (Wildman–Crippen MR) is 56.2 cm³/mol. The molecule has 1 aliphatic heterocycles. The van der Waals surface area contributed by atoms with Gasteiger partial charge in [-0.15, -0.1) is 11.8 Å². The van der Waals surface area contributed by atoms with E-state index in [1.165, 1.54) is 22.9 Å². The Balaban J connectivity index is 2.22. The average molecular weight is 242 g/mol. The number of aryl methyl sites for hydroxylation is 1. The molecule has 0 aromatic carbocycles. The van der Waals surface area contributed by atoms with Crippen molar-refractivity contribution in [2.45, 2.75) is 13.0 Å². The van der Waals surface area contributed by atoms with E-state index < -0.39 is 12.0 Å². The zero-order chi connectivity index (χ0) is 11.7. The molecular weight excluding hydrogens is 232 g/mol. The molecule has 1 fully saturated rings. The third kappa shape index (κ3) is 1.78. The SMILES string of the molecule is Cc1oncc1C(=O)N1CSC[C@H]1C(=O)O. The third-order valence-electron chi connectivity index (χ3n) is 2.41. The zero-order valence-electron chi connectivity index (χ0n) is 8.54. The smallest absolute Gasteiger partial charge is 0.327 e. The average Bonchev–Trinajstić information content (AvgIpc) is 2.84. The Morgan fingerprint density at radius 1 is 1.69 bits per heavy atom. The normalized spacial score (nSPS) is 20.1. The molecular formula is C9H10N2O4S. The summed E-state index contributed by atoms with van der Waals surface area (Å²) in [6, 6.07) is -0.758. The number of aromatic nitrogens is 1. The number of thioether (sulfide) groups is 1. The lowest BCUT2D eigenvalue weighted by molar-refractivity contribution is -0.140. The maximum Gasteiger partial charge on any atom is 0.327 e. The Hall–Kier alpha value is -1.50. The number of hydrogen-bond acceptors (Lipinski definition) is 5. The maximum absolute atomic E-state index is 12.0. The van der Waals surface area contributed by atoms with Gasteiger partial charge in [0.05, 0.1) is 12.1 Å². The van der Waals surface area contributed by atoms with Crippen molar-refractivity contribution >= 4 is 23.6 Å². The molecule has 1 aliphatic rings. The van der Waals surface area contributed by atoms with Crippen LogP contribution in [0.4, 0.5) is 0 Å². The minimum Gasteiger partial charge on any atom is -0.480 e. The summed E-state index contributed by atoms with van der Waals surface area (Å²) in [7, 11) is 0. The number of rotatable bonds is 2. The van der Waals surface area contributed by atoms with Crippen molar-refractivity contribution in [1.82, 2.24) is 10.1 Å². The molecule has 0 spiro atoms. The highest BCUT2D eigenvalue weighted by molar-refractivity contribution is 7.99. The summed E-state index contributed by atoms with van der Waals surface area (Å²) in [6.45, 7) is 1.62. The number of carbonyl (C=O) groups is 2. The quantitative estimate of drug-likeness (QED) is 0.816. The Labute approximate surface area is 95.6 Å². The van der Waals surface area contributed by atoms with Crippen LogP contribution in [0.5, 0.6) is 0 Å². The molecule has 1 aromatic heterocycles. The van der Waals surface area contributed by atoms with Crippen molar-refractivity contribution in [3.63, 3.8) is 0 Å². The number of hydrogen-bond donors (Lipinski definition) is 1. The molecule has 86 valence electrons. The molecule has 16 heavy (non-hydrogen) atoms. The Morgan fingerprint density at radius 3 is 3.00 bits per heavy atom. The van der Waals surface area contributed by atoms with E-state index in [2.05, 4.69) is 5.16 Å². The van der Waals surface area contributed by atoms with Gasteiger partial charge in [-0.3, -0.25) is 4.79 Å². The largest absolute Gasteiger partial charge is 0.480 e. The van der Waals surface area contributed by atoms with Crippen LogP contribution in [0, 0.1) is 6.92 Å². The molecule has 1 amide bonds. The van der Waals surface area contributed by atoms with Gasteiger partial charge in [0.15, 0.2) is 0 Å². The summed E-state index contributed by atoms with van der Waals surface area (Å²) >= 11 is 1.42. The molecule has 2 rings (SSSR count). The summed E-state index contributed by atoms with van der Waals surface area (Å²) in [5.41, 5.74) is 0.328. The molecule has 2 heterocycles. The van der Waals surface area contributed by atoms with Crippen LogP contribution < -0.4 is 0 Å². The van der Waals surface area contributed by atoms with E-state index in [0.717, 1.165) is 0 Å². The summed E-state index contributed by atoms with van der Waals surface area (Å²) in [5.74, 6) is -0.0964. The van der Waals surface area contributed by atoms with Crippen LogP contribution in [0.2, 0.25) is 0 Å². The fourth-order valence-corrected chi connectivity index (χ4v) is 2.65. The number of nitrogens with zero attached hydrogens (tertiary/aromatic N) is 2. The predicted octanol–water partition coefficient (Wildman–Crippen LogP) is 0.583. The molecule has 0 saturated carbocycles. The molecule has 0 aliphatic carbocycles. The summed E-state index contributed by atoms with van der Waals surface area (Å²) < 4.78 is 4.79. The second-order valence-electron chi connectivity index (χ2n) is 3.42. The van der Waals surface area contributed by atoms with Gasteiger partial charge in [-0.1, -0.05) is 5.16 Å². The van der Waals surface area contributed by atoms with Crippen molar-refractivity contribution in [1.29, 1.82) is 0 Å². The van der Waals surface area contributed by atoms with Gasteiger partial charge in [0.2, 0.25) is 0 Å². The first-order chi connectivity index (χ1) is 7.61. The number of carboxylic acids is 1. The first-order valence-corrected chi connectivity index (χ1v) is 5.79. The molecule has 1 saturated heterocycles. The van der Waals surface area contributed by atoms with Gasteiger partial charge in [0, 0.05) is 5.75 Å². The van der Waals surface area contributed by atoms with E-state index in [4.69, 9.17) is 9.63 Å². The fourth-order valence-electron chi connectivity index (χ4n) is 1.51. The van der Waals surface area contributed by atoms with E-state index in [1.807, 2.05) is 0 Å². The fraction of sp³-hybridized carbons (Fsp3) is 0.444. The zero-order valence-corrected chi connectivity index (χ0v) is 9.36. The van der Waals surface area contributed by atoms with Crippen LogP contribution in [0.15, 0.2) is 10.7 Å². The van der Waals surface area contributed by atoms with Crippen molar-refractivity contribution in [2.24, 2.45) is 0 Å². The molecule has 0 unspecified atom stereocenters. The lowest BCUT2D eigenvalue weighted by atomic mass is 10.2. The highest BCUT2D eigenvalue weighted by atomic mass is 32.2. The van der Waals surface area contributed by atoms with Crippen LogP contribution >= 0.6 is 11.8 Å². The Morgan fingerprint density at radius 2 is 2.44 bits per heavy atom. The minimum absolute atomic E-state index is 0.328. The van der Waals surface area contributed by atoms with Gasteiger partial charge < -0.3 is 14.5 Å². The van der Waals surface area contributed by atoms with Crippen LogP contribution in [-0.2, 0) is 4.79 Å². The van der Waals surface area contributed by atoms with Crippen LogP contribution in [0.3, 0.4) is 0 Å². The van der Waals surface area contributed by atoms with Crippen LogP contribution in [0.25, 0.3) is 0 Å². The number of carbonyl (C=O) groups excluding carboxylic acids is 1. The van der Waals surface area contributed by atoms with E-state index in [-0.39, 0.29) is 5.91 Å². The first kappa shape index (κ1) is 11.0. The van der Waals surface area contributed by atoms with E-state index >= 15 is 0 Å². The summed E-state index contributed by atoms with van der Waals surface area (Å²) in [5, 5.41) is 12.5. The standard InChI is InChI=1S/C9H10N2O4S/c1-5-6(2-10-15-5)8(12)11-4-16-3-7(11)9(13)14/h2,7H,3-4H2,1H3,(H,13,14)/t7-/m0/s1. The maximum atomic E-state index is 12.0. The Kier molecular flexibility index (Phi) is 2.86. The summed E-state index contributed by atoms with van der Waals surface area (Å²) in [4.78, 5) is 24.2. The molecule has 1 atom stereocenters. The number of carboxylic acid groups (broad SMARTS) is 1. The van der Waals surface area contributed by atoms with Crippen molar-refractivity contribution in [2.75, 3.05) is 11.6 Å². The number of amides is 1. The van der Waals surface area contributed by atoms with E-state index in [0.29, 0.717) is 23.0 Å². The van der Waals surface area contributed by atoms with Gasteiger partial charge in [0.25, 0.3) is 5.91 Å². The second kappa shape index (κ2) is 4.17. The Bertz CT molecular complexity index is 431. The molecule has 0 radical (unpaired) electrons. The molecule has 7 heteroatoms. The lowest BCUT2D eigenvalue weighted by Crippen LogP contribution is -2.41. The van der Waals surface area contributed by atoms with Crippen molar-refractivity contribution in [3.05, 3.63) is 17.5 Å². The van der Waals surface area contributed by atoms with E-state index in [9.17, 15) is 9.59 Å². The van der Waals surface area contributed by atoms with E-state index in [1.54, 1.807) is 6.92 Å². The molecule has 0 bridgehead atoms. The second-order valence-corrected chi connectivity index (χ2v) is 4.42. The van der Waals surface area contributed by atoms with Gasteiger partial charge in [-0.25, -0.2) is 4.79 Å². The van der Waals surface area contributed by atoms with Crippen LogP contribution in [0.1, 0.15) is 16.1 Å². The molecule has 6 nitrogen and oxygen atoms in total. The number of aliphatic carboxylic acids is 1. The highest BCUT2D eigenvalue weighted by Gasteiger charge is 2.36.